The number of halogens is 1. The molecule has 140 valence electrons. The predicted molar refractivity (Wildman–Crippen MR) is 99.9 cm³/mol. The van der Waals surface area contributed by atoms with Gasteiger partial charge in [0, 0.05) is 11.5 Å². The molecule has 2 aromatic carbocycles. The van der Waals surface area contributed by atoms with Gasteiger partial charge in [0.15, 0.2) is 5.78 Å². The fourth-order valence-corrected chi connectivity index (χ4v) is 3.50. The summed E-state index contributed by atoms with van der Waals surface area (Å²) in [4.78, 5) is 25.3. The third-order valence-corrected chi connectivity index (χ3v) is 4.76. The summed E-state index contributed by atoms with van der Waals surface area (Å²) in [6.45, 7) is 1.90. The Balaban J connectivity index is 2.05. The van der Waals surface area contributed by atoms with Crippen LogP contribution in [0.4, 0.5) is 4.39 Å². The second-order valence-corrected chi connectivity index (χ2v) is 6.36. The van der Waals surface area contributed by atoms with Crippen molar-refractivity contribution < 1.29 is 23.5 Å². The van der Waals surface area contributed by atoms with Gasteiger partial charge >= 0.3 is 5.97 Å². The number of hydrogen-bond acceptors (Lipinski definition) is 4. The van der Waals surface area contributed by atoms with Crippen LogP contribution in [0.3, 0.4) is 0 Å². The Morgan fingerprint density at radius 3 is 2.52 bits per heavy atom. The standard InChI is InChI=1S/C22H21FO4/c1-3-27-22(25)21-18(14-8-10-16(23)11-9-14)12-15(13-19(21)24)17-6-4-5-7-20(17)26-2/h4-11,13,18,21H,3,12H2,1-2H3. The van der Waals surface area contributed by atoms with E-state index in [0.717, 1.165) is 16.7 Å². The van der Waals surface area contributed by atoms with Crippen LogP contribution in [0.5, 0.6) is 5.75 Å². The highest BCUT2D eigenvalue weighted by molar-refractivity contribution is 6.11. The fourth-order valence-electron chi connectivity index (χ4n) is 3.50. The first-order chi connectivity index (χ1) is 13.0. The molecular weight excluding hydrogens is 347 g/mol. The fraction of sp³-hybridized carbons (Fsp3) is 0.273. The highest BCUT2D eigenvalue weighted by Gasteiger charge is 2.40. The summed E-state index contributed by atoms with van der Waals surface area (Å²) in [6, 6.07) is 13.3. The van der Waals surface area contributed by atoms with Gasteiger partial charge in [0.05, 0.1) is 13.7 Å². The molecule has 3 rings (SSSR count). The number of para-hydroxylation sites is 1. The lowest BCUT2D eigenvalue weighted by Crippen LogP contribution is -2.34. The van der Waals surface area contributed by atoms with Crippen molar-refractivity contribution in [1.82, 2.24) is 0 Å². The quantitative estimate of drug-likeness (QED) is 0.588. The second-order valence-electron chi connectivity index (χ2n) is 6.36. The maximum atomic E-state index is 13.4. The molecule has 0 amide bonds. The maximum absolute atomic E-state index is 13.4. The number of allylic oxidation sites excluding steroid dienone is 2. The average Bonchev–Trinajstić information content (AvgIpc) is 2.68. The molecule has 2 unspecified atom stereocenters. The van der Waals surface area contributed by atoms with Crippen LogP contribution in [0.1, 0.15) is 30.4 Å². The van der Waals surface area contributed by atoms with E-state index in [4.69, 9.17) is 9.47 Å². The second kappa shape index (κ2) is 8.16. The van der Waals surface area contributed by atoms with Crippen LogP contribution in [0.15, 0.2) is 54.6 Å². The molecule has 2 aromatic rings. The molecule has 5 heteroatoms. The van der Waals surface area contributed by atoms with E-state index in [1.165, 1.54) is 18.2 Å². The Hall–Kier alpha value is -2.95. The Morgan fingerprint density at radius 1 is 1.15 bits per heavy atom. The van der Waals surface area contributed by atoms with Crippen LogP contribution >= 0.6 is 0 Å². The van der Waals surface area contributed by atoms with Crippen molar-refractivity contribution in [2.75, 3.05) is 13.7 Å². The van der Waals surface area contributed by atoms with Crippen LogP contribution in [-0.4, -0.2) is 25.5 Å². The van der Waals surface area contributed by atoms with Crippen molar-refractivity contribution in [2.24, 2.45) is 5.92 Å². The van der Waals surface area contributed by atoms with Gasteiger partial charge in [-0.05, 0) is 48.8 Å². The highest BCUT2D eigenvalue weighted by atomic mass is 19.1. The molecule has 0 bridgehead atoms. The predicted octanol–water partition coefficient (Wildman–Crippen LogP) is 4.15. The number of ether oxygens (including phenoxy) is 2. The zero-order valence-corrected chi connectivity index (χ0v) is 15.3. The number of carbonyl (C=O) groups is 2. The van der Waals surface area contributed by atoms with Crippen molar-refractivity contribution in [1.29, 1.82) is 0 Å². The number of rotatable bonds is 5. The molecule has 4 nitrogen and oxygen atoms in total. The van der Waals surface area contributed by atoms with E-state index in [0.29, 0.717) is 12.2 Å². The maximum Gasteiger partial charge on any atom is 0.317 e. The lowest BCUT2D eigenvalue weighted by Gasteiger charge is -2.30. The minimum Gasteiger partial charge on any atom is -0.496 e. The first kappa shape index (κ1) is 18.8. The Bertz CT molecular complexity index is 870. The summed E-state index contributed by atoms with van der Waals surface area (Å²) in [5.74, 6) is -1.93. The molecule has 0 heterocycles. The zero-order chi connectivity index (χ0) is 19.4. The van der Waals surface area contributed by atoms with Crippen molar-refractivity contribution in [3.05, 3.63) is 71.6 Å². The van der Waals surface area contributed by atoms with Crippen LogP contribution in [-0.2, 0) is 14.3 Å². The van der Waals surface area contributed by atoms with Gasteiger partial charge in [0.25, 0.3) is 0 Å². The molecule has 0 N–H and O–H groups in total. The van der Waals surface area contributed by atoms with Gasteiger partial charge in [-0.1, -0.05) is 30.3 Å². The molecule has 0 fully saturated rings. The molecule has 0 radical (unpaired) electrons. The van der Waals surface area contributed by atoms with Gasteiger partial charge in [-0.2, -0.15) is 0 Å². The largest absolute Gasteiger partial charge is 0.496 e. The van der Waals surface area contributed by atoms with E-state index < -0.39 is 17.8 Å². The lowest BCUT2D eigenvalue weighted by atomic mass is 9.73. The van der Waals surface area contributed by atoms with Gasteiger partial charge in [0.2, 0.25) is 0 Å². The van der Waals surface area contributed by atoms with E-state index in [2.05, 4.69) is 0 Å². The van der Waals surface area contributed by atoms with E-state index in [-0.39, 0.29) is 18.2 Å². The minimum atomic E-state index is -0.936. The van der Waals surface area contributed by atoms with E-state index >= 15 is 0 Å². The number of benzene rings is 2. The third kappa shape index (κ3) is 3.92. The molecular formula is C22H21FO4. The van der Waals surface area contributed by atoms with Gasteiger partial charge in [-0.25, -0.2) is 4.39 Å². The molecule has 0 spiro atoms. The molecule has 27 heavy (non-hydrogen) atoms. The van der Waals surface area contributed by atoms with Crippen molar-refractivity contribution in [3.63, 3.8) is 0 Å². The number of esters is 1. The van der Waals surface area contributed by atoms with Crippen LogP contribution < -0.4 is 4.74 Å². The van der Waals surface area contributed by atoms with Crippen molar-refractivity contribution in [3.8, 4) is 5.75 Å². The lowest BCUT2D eigenvalue weighted by molar-refractivity contribution is -0.151. The topological polar surface area (TPSA) is 52.6 Å². The van der Waals surface area contributed by atoms with Crippen molar-refractivity contribution in [2.45, 2.75) is 19.3 Å². The average molecular weight is 368 g/mol. The first-order valence-corrected chi connectivity index (χ1v) is 8.85. The summed E-state index contributed by atoms with van der Waals surface area (Å²) in [7, 11) is 1.57. The van der Waals surface area contributed by atoms with Gasteiger partial charge in [-0.15, -0.1) is 0 Å². The highest BCUT2D eigenvalue weighted by Crippen LogP contribution is 2.42. The number of hydrogen-bond donors (Lipinski definition) is 0. The molecule has 1 aliphatic carbocycles. The Labute approximate surface area is 157 Å². The Morgan fingerprint density at radius 2 is 1.85 bits per heavy atom. The van der Waals surface area contributed by atoms with E-state index in [1.807, 2.05) is 24.3 Å². The molecule has 0 aliphatic heterocycles. The Kier molecular flexibility index (Phi) is 5.69. The van der Waals surface area contributed by atoms with E-state index in [9.17, 15) is 14.0 Å². The summed E-state index contributed by atoms with van der Waals surface area (Å²) in [5, 5.41) is 0. The molecule has 0 aromatic heterocycles. The van der Waals surface area contributed by atoms with Gasteiger partial charge in [0.1, 0.15) is 17.5 Å². The molecule has 0 saturated heterocycles. The summed E-state index contributed by atoms with van der Waals surface area (Å²) < 4.78 is 23.9. The monoisotopic (exact) mass is 368 g/mol. The smallest absolute Gasteiger partial charge is 0.317 e. The van der Waals surface area contributed by atoms with Gasteiger partial charge < -0.3 is 9.47 Å². The number of methoxy groups -OCH3 is 1. The zero-order valence-electron chi connectivity index (χ0n) is 15.3. The minimum absolute atomic E-state index is 0.196. The summed E-state index contributed by atoms with van der Waals surface area (Å²) in [6.07, 6.45) is 1.95. The van der Waals surface area contributed by atoms with Crippen LogP contribution in [0, 0.1) is 11.7 Å². The SMILES string of the molecule is CCOC(=O)C1C(=O)C=C(c2ccccc2OC)CC1c1ccc(F)cc1. The van der Waals surface area contributed by atoms with Crippen molar-refractivity contribution >= 4 is 17.3 Å². The number of ketones is 1. The third-order valence-electron chi connectivity index (χ3n) is 4.76. The summed E-state index contributed by atoms with van der Waals surface area (Å²) >= 11 is 0. The van der Waals surface area contributed by atoms with E-state index in [1.54, 1.807) is 26.2 Å². The summed E-state index contributed by atoms with van der Waals surface area (Å²) in [5.41, 5.74) is 2.32. The molecule has 1 aliphatic rings. The normalized spacial score (nSPS) is 19.4. The molecule has 2 atom stereocenters. The first-order valence-electron chi connectivity index (χ1n) is 8.85. The van der Waals surface area contributed by atoms with Gasteiger partial charge in [-0.3, -0.25) is 9.59 Å². The van der Waals surface area contributed by atoms with Crippen LogP contribution in [0.25, 0.3) is 5.57 Å². The number of carbonyl (C=O) groups excluding carboxylic acids is 2. The molecule has 0 saturated carbocycles. The van der Waals surface area contributed by atoms with Crippen LogP contribution in [0.2, 0.25) is 0 Å².